The summed E-state index contributed by atoms with van der Waals surface area (Å²) < 4.78 is 20.5. The highest BCUT2D eigenvalue weighted by atomic mass is 32.1. The number of anilines is 2. The molecule has 11 heteroatoms. The molecule has 0 bridgehead atoms. The quantitative estimate of drug-likeness (QED) is 0.660. The fraction of sp³-hybridized carbons (Fsp3) is 0.222. The maximum absolute atomic E-state index is 12.7. The summed E-state index contributed by atoms with van der Waals surface area (Å²) in [6, 6.07) is 7.24. The minimum Gasteiger partial charge on any atom is -0.444 e. The van der Waals surface area contributed by atoms with Gasteiger partial charge in [-0.25, -0.2) is 28.5 Å². The van der Waals surface area contributed by atoms with Gasteiger partial charge in [0, 0.05) is 23.2 Å². The molecule has 1 aliphatic rings. The van der Waals surface area contributed by atoms with E-state index in [1.54, 1.807) is 18.3 Å². The van der Waals surface area contributed by atoms with Crippen molar-refractivity contribution in [1.82, 2.24) is 19.3 Å². The number of pyridine rings is 1. The fourth-order valence-electron chi connectivity index (χ4n) is 2.89. The first kappa shape index (κ1) is 19.0. The van der Waals surface area contributed by atoms with Gasteiger partial charge in [-0.1, -0.05) is 6.07 Å². The molecule has 3 aromatic rings. The molecule has 2 N–H and O–H groups in total. The third kappa shape index (κ3) is 3.69. The van der Waals surface area contributed by atoms with Crippen molar-refractivity contribution in [3.05, 3.63) is 69.6 Å². The number of thiophene rings is 1. The number of amides is 1. The topological polar surface area (TPSA) is 108 Å². The fourth-order valence-corrected chi connectivity index (χ4v) is 3.89. The van der Waals surface area contributed by atoms with Crippen LogP contribution < -0.4 is 16.3 Å². The van der Waals surface area contributed by atoms with Gasteiger partial charge in [-0.05, 0) is 23.8 Å². The van der Waals surface area contributed by atoms with E-state index < -0.39 is 6.09 Å². The number of aromatic nitrogens is 4. The number of ether oxygens (including phenoxy) is 1. The molecule has 150 valence electrons. The van der Waals surface area contributed by atoms with Gasteiger partial charge < -0.3 is 10.5 Å². The van der Waals surface area contributed by atoms with E-state index in [-0.39, 0.29) is 37.5 Å². The molecule has 3 aromatic heterocycles. The second kappa shape index (κ2) is 7.97. The van der Waals surface area contributed by atoms with E-state index in [1.807, 2.05) is 12.1 Å². The van der Waals surface area contributed by atoms with Crippen LogP contribution in [0.1, 0.15) is 10.4 Å². The molecule has 9 nitrogen and oxygen atoms in total. The van der Waals surface area contributed by atoms with E-state index in [0.717, 1.165) is 15.1 Å². The standard InChI is InChI=1S/C18H17FN6O3S/c19-6-12(7-20)8-24-17(26)23(11-22-24)9-14-3-4-15(29-14)25-16-13(2-1-5-21-16)10-28-18(25)27/h1-6,11H,7-10,20H2/b12-6+. The number of hydrogen-bond acceptors (Lipinski definition) is 7. The molecule has 0 aromatic carbocycles. The predicted octanol–water partition coefficient (Wildman–Crippen LogP) is 2.15. The van der Waals surface area contributed by atoms with E-state index in [4.69, 9.17) is 10.5 Å². The van der Waals surface area contributed by atoms with Gasteiger partial charge in [0.1, 0.15) is 23.8 Å². The van der Waals surface area contributed by atoms with Crippen LogP contribution in [0.25, 0.3) is 0 Å². The minimum atomic E-state index is -0.498. The summed E-state index contributed by atoms with van der Waals surface area (Å²) in [5.74, 6) is 0.537. The van der Waals surface area contributed by atoms with Crippen LogP contribution in [0.4, 0.5) is 20.0 Å². The second-order valence-electron chi connectivity index (χ2n) is 6.29. The van der Waals surface area contributed by atoms with Crippen molar-refractivity contribution in [2.75, 3.05) is 11.4 Å². The van der Waals surface area contributed by atoms with Crippen molar-refractivity contribution in [2.24, 2.45) is 5.73 Å². The zero-order valence-corrected chi connectivity index (χ0v) is 16.0. The molecular formula is C18H17FN6O3S. The van der Waals surface area contributed by atoms with E-state index in [0.29, 0.717) is 17.1 Å². The lowest BCUT2D eigenvalue weighted by Crippen LogP contribution is -2.31. The molecule has 0 saturated heterocycles. The average Bonchev–Trinajstić information content (AvgIpc) is 3.33. The van der Waals surface area contributed by atoms with Gasteiger partial charge in [0.05, 0.1) is 19.4 Å². The average molecular weight is 416 g/mol. The Morgan fingerprint density at radius 2 is 2.21 bits per heavy atom. The molecule has 4 rings (SSSR count). The van der Waals surface area contributed by atoms with Gasteiger partial charge in [0.25, 0.3) is 0 Å². The van der Waals surface area contributed by atoms with Crippen molar-refractivity contribution >= 4 is 28.2 Å². The Hall–Kier alpha value is -3.31. The molecule has 0 saturated carbocycles. The monoisotopic (exact) mass is 416 g/mol. The molecule has 0 radical (unpaired) electrons. The lowest BCUT2D eigenvalue weighted by Gasteiger charge is -2.26. The number of rotatable bonds is 6. The first-order valence-corrected chi connectivity index (χ1v) is 9.52. The number of nitrogens with zero attached hydrogens (tertiary/aromatic N) is 5. The Morgan fingerprint density at radius 1 is 1.34 bits per heavy atom. The Balaban J connectivity index is 1.56. The maximum atomic E-state index is 12.7. The van der Waals surface area contributed by atoms with Crippen molar-refractivity contribution < 1.29 is 13.9 Å². The molecule has 0 spiro atoms. The summed E-state index contributed by atoms with van der Waals surface area (Å²) in [5, 5.41) is 4.64. The first-order valence-electron chi connectivity index (χ1n) is 8.70. The summed E-state index contributed by atoms with van der Waals surface area (Å²) in [6.07, 6.45) is 2.90. The number of nitrogens with two attached hydrogens (primary N) is 1. The summed E-state index contributed by atoms with van der Waals surface area (Å²) in [5.41, 5.74) is 6.13. The molecule has 0 fully saturated rings. The zero-order chi connectivity index (χ0) is 20.4. The molecule has 0 unspecified atom stereocenters. The van der Waals surface area contributed by atoms with E-state index >= 15 is 0 Å². The van der Waals surface area contributed by atoms with Crippen LogP contribution in [-0.4, -0.2) is 32.0 Å². The summed E-state index contributed by atoms with van der Waals surface area (Å²) in [7, 11) is 0. The maximum Gasteiger partial charge on any atom is 0.421 e. The molecule has 29 heavy (non-hydrogen) atoms. The smallest absolute Gasteiger partial charge is 0.421 e. The van der Waals surface area contributed by atoms with Crippen LogP contribution in [0.2, 0.25) is 0 Å². The van der Waals surface area contributed by atoms with Gasteiger partial charge >= 0.3 is 11.8 Å². The van der Waals surface area contributed by atoms with Crippen molar-refractivity contribution in [3.8, 4) is 0 Å². The molecule has 1 amide bonds. The highest BCUT2D eigenvalue weighted by molar-refractivity contribution is 7.16. The third-order valence-electron chi connectivity index (χ3n) is 4.37. The highest BCUT2D eigenvalue weighted by Gasteiger charge is 2.29. The molecule has 0 atom stereocenters. The van der Waals surface area contributed by atoms with Gasteiger partial charge in [-0.15, -0.1) is 11.3 Å². The normalized spacial score (nSPS) is 14.1. The third-order valence-corrected chi connectivity index (χ3v) is 5.43. The van der Waals surface area contributed by atoms with Gasteiger partial charge in [0.15, 0.2) is 0 Å². The molecule has 0 aliphatic carbocycles. The second-order valence-corrected chi connectivity index (χ2v) is 7.43. The van der Waals surface area contributed by atoms with Crippen molar-refractivity contribution in [1.29, 1.82) is 0 Å². The highest BCUT2D eigenvalue weighted by Crippen LogP contribution is 2.36. The SMILES string of the molecule is NC/C(=C\F)Cn1ncn(Cc2ccc(N3C(=O)OCc4cccnc43)s2)c1=O. The van der Waals surface area contributed by atoms with Gasteiger partial charge in [0.2, 0.25) is 0 Å². The Morgan fingerprint density at radius 3 is 3.00 bits per heavy atom. The summed E-state index contributed by atoms with van der Waals surface area (Å²) in [4.78, 5) is 31.3. The van der Waals surface area contributed by atoms with Crippen molar-refractivity contribution in [3.63, 3.8) is 0 Å². The minimum absolute atomic E-state index is 0.00338. The zero-order valence-electron chi connectivity index (χ0n) is 15.2. The van der Waals surface area contributed by atoms with E-state index in [1.165, 1.54) is 27.1 Å². The molecule has 1 aliphatic heterocycles. The van der Waals surface area contributed by atoms with Crippen molar-refractivity contribution in [2.45, 2.75) is 19.7 Å². The van der Waals surface area contributed by atoms with Crippen LogP contribution in [0.5, 0.6) is 0 Å². The van der Waals surface area contributed by atoms with Crippen LogP contribution in [0.3, 0.4) is 0 Å². The Kier molecular flexibility index (Phi) is 5.23. The molecular weight excluding hydrogens is 399 g/mol. The van der Waals surface area contributed by atoms with Crippen LogP contribution in [-0.2, 0) is 24.4 Å². The van der Waals surface area contributed by atoms with Crippen LogP contribution in [0, 0.1) is 0 Å². The number of halogens is 1. The van der Waals surface area contributed by atoms with Gasteiger partial charge in [-0.2, -0.15) is 5.10 Å². The lowest BCUT2D eigenvalue weighted by atomic mass is 10.2. The number of hydrogen-bond donors (Lipinski definition) is 1. The Labute approximate surface area is 168 Å². The molecule has 4 heterocycles. The predicted molar refractivity (Wildman–Crippen MR) is 105 cm³/mol. The number of fused-ring (bicyclic) bond motifs is 1. The van der Waals surface area contributed by atoms with Crippen LogP contribution >= 0.6 is 11.3 Å². The number of cyclic esters (lactones) is 1. The number of carbonyl (C=O) groups excluding carboxylic acids is 1. The van der Waals surface area contributed by atoms with Crippen LogP contribution in [0.15, 0.2) is 53.5 Å². The van der Waals surface area contributed by atoms with E-state index in [9.17, 15) is 14.0 Å². The number of carbonyl (C=O) groups is 1. The van der Waals surface area contributed by atoms with Gasteiger partial charge in [-0.3, -0.25) is 4.57 Å². The van der Waals surface area contributed by atoms with E-state index in [2.05, 4.69) is 10.1 Å². The summed E-state index contributed by atoms with van der Waals surface area (Å²) >= 11 is 1.34. The first-order chi connectivity index (χ1) is 14.1. The largest absolute Gasteiger partial charge is 0.444 e. The summed E-state index contributed by atoms with van der Waals surface area (Å²) in [6.45, 7) is 0.449. The Bertz CT molecular complexity index is 1130. The lowest BCUT2D eigenvalue weighted by molar-refractivity contribution is 0.145.